The van der Waals surface area contributed by atoms with Crippen LogP contribution < -0.4 is 0 Å². The molecule has 67 heavy (non-hydrogen) atoms. The van der Waals surface area contributed by atoms with Crippen molar-refractivity contribution in [1.82, 2.24) is 0 Å². The lowest BCUT2D eigenvalue weighted by Crippen LogP contribution is -2.66. The van der Waals surface area contributed by atoms with Gasteiger partial charge in [-0.2, -0.15) is 0 Å². The Morgan fingerprint density at radius 2 is 1.15 bits per heavy atom. The average molecular weight is 971 g/mol. The van der Waals surface area contributed by atoms with Crippen LogP contribution in [-0.4, -0.2) is 251 Å². The van der Waals surface area contributed by atoms with Crippen molar-refractivity contribution >= 4 is 5.97 Å². The Bertz CT molecular complexity index is 1590. The van der Waals surface area contributed by atoms with Crippen LogP contribution in [0, 0.1) is 17.8 Å². The van der Waals surface area contributed by atoms with Gasteiger partial charge in [0.1, 0.15) is 79.9 Å². The number of rotatable bonds is 14. The molecule has 3 aliphatic carbocycles. The number of methoxy groups -OCH3 is 1. The Morgan fingerprint density at radius 1 is 0.552 bits per heavy atom. The molecule has 27 atom stereocenters. The van der Waals surface area contributed by atoms with Crippen LogP contribution in [0.4, 0.5) is 0 Å². The lowest BCUT2D eigenvalue weighted by Gasteiger charge is -2.53. The number of carbonyl (C=O) groups excluding carboxylic acids is 1. The van der Waals surface area contributed by atoms with E-state index >= 15 is 0 Å². The normalized spacial score (nSPS) is 51.0. The Labute approximate surface area is 386 Å². The van der Waals surface area contributed by atoms with E-state index in [1.807, 2.05) is 0 Å². The highest BCUT2D eigenvalue weighted by molar-refractivity contribution is 5.81. The van der Waals surface area contributed by atoms with Crippen LogP contribution in [0.15, 0.2) is 12.2 Å². The molecule has 0 bridgehead atoms. The third-order valence-corrected chi connectivity index (χ3v) is 14.7. The summed E-state index contributed by atoms with van der Waals surface area (Å²) in [6.07, 6.45) is -28.3. The van der Waals surface area contributed by atoms with E-state index in [-0.39, 0.29) is 37.5 Å². The smallest absolute Gasteiger partial charge is 0.330 e. The molecule has 0 aromatic heterocycles. The molecule has 7 aliphatic rings. The first kappa shape index (κ1) is 53.1. The van der Waals surface area contributed by atoms with Gasteiger partial charge in [0.2, 0.25) is 0 Å². The molecule has 7 fully saturated rings. The van der Waals surface area contributed by atoms with Gasteiger partial charge in [-0.05, 0) is 63.2 Å². The molecule has 0 aromatic carbocycles. The number of carbonyl (C=O) groups is 1. The Kier molecular flexibility index (Phi) is 18.4. The van der Waals surface area contributed by atoms with Crippen molar-refractivity contribution in [2.45, 2.75) is 205 Å². The highest BCUT2D eigenvalue weighted by Crippen LogP contribution is 2.45. The molecule has 386 valence electrons. The van der Waals surface area contributed by atoms with Crippen molar-refractivity contribution < 1.29 is 119 Å². The predicted octanol–water partition coefficient (Wildman–Crippen LogP) is -6.09. The number of esters is 1. The molecule has 0 amide bonds. The highest BCUT2D eigenvalue weighted by Gasteiger charge is 2.56. The van der Waals surface area contributed by atoms with Crippen molar-refractivity contribution in [2.24, 2.45) is 17.8 Å². The summed E-state index contributed by atoms with van der Waals surface area (Å²) in [6, 6.07) is 0. The van der Waals surface area contributed by atoms with E-state index in [1.165, 1.54) is 7.11 Å². The summed E-state index contributed by atoms with van der Waals surface area (Å²) in [7, 11) is 1.46. The third-order valence-electron chi connectivity index (χ3n) is 14.7. The molecule has 24 heteroatoms. The molecule has 24 nitrogen and oxygen atoms in total. The van der Waals surface area contributed by atoms with Gasteiger partial charge >= 0.3 is 5.97 Å². The molecular weight excluding hydrogens is 900 g/mol. The Balaban J connectivity index is 1.10. The number of aliphatic hydroxyl groups excluding tert-OH is 14. The van der Waals surface area contributed by atoms with Crippen molar-refractivity contribution in [1.29, 1.82) is 0 Å². The topological polar surface area (TPSA) is 383 Å². The van der Waals surface area contributed by atoms with E-state index in [0.717, 1.165) is 6.08 Å². The minimum Gasteiger partial charge on any atom is -0.460 e. The summed E-state index contributed by atoms with van der Waals surface area (Å²) in [5.41, 5.74) is 0. The van der Waals surface area contributed by atoms with Crippen molar-refractivity contribution in [3.63, 3.8) is 0 Å². The summed E-state index contributed by atoms with van der Waals surface area (Å²) in [4.78, 5) is 12.7. The SMILES string of the molecule is COC1CC(C2OC3CC(O)CC(OC4OC(COC(=O)C=CC5CCC(O)C(O)C5)C(O)C(O)C4O)C3CC2OC2OC(CO)C(O)C(O)C2OC2OC(CO)C(O)C(O)C2O)CCC1O. The zero-order valence-electron chi connectivity index (χ0n) is 37.1. The van der Waals surface area contributed by atoms with E-state index in [0.29, 0.717) is 32.1 Å². The molecule has 3 saturated carbocycles. The van der Waals surface area contributed by atoms with Crippen LogP contribution in [-0.2, 0) is 47.4 Å². The maximum atomic E-state index is 12.7. The molecule has 0 radical (unpaired) electrons. The maximum Gasteiger partial charge on any atom is 0.330 e. The summed E-state index contributed by atoms with van der Waals surface area (Å²) in [5, 5.41) is 148. The Hall–Kier alpha value is -1.67. The van der Waals surface area contributed by atoms with Gasteiger partial charge in [0, 0.05) is 25.5 Å². The molecule has 0 spiro atoms. The van der Waals surface area contributed by atoms with Crippen LogP contribution in [0.3, 0.4) is 0 Å². The van der Waals surface area contributed by atoms with Crippen molar-refractivity contribution in [2.75, 3.05) is 26.9 Å². The monoisotopic (exact) mass is 970 g/mol. The van der Waals surface area contributed by atoms with Crippen LogP contribution in [0.1, 0.15) is 57.8 Å². The fraction of sp³-hybridized carbons (Fsp3) is 0.930. The number of aliphatic hydroxyl groups is 14. The van der Waals surface area contributed by atoms with E-state index in [1.54, 1.807) is 6.08 Å². The van der Waals surface area contributed by atoms with E-state index in [2.05, 4.69) is 0 Å². The summed E-state index contributed by atoms with van der Waals surface area (Å²) < 4.78 is 54.0. The maximum absolute atomic E-state index is 12.7. The fourth-order valence-corrected chi connectivity index (χ4v) is 10.7. The molecule has 4 aliphatic heterocycles. The number of fused-ring (bicyclic) bond motifs is 1. The molecular formula is C43H70O24. The zero-order valence-corrected chi connectivity index (χ0v) is 37.1. The van der Waals surface area contributed by atoms with Gasteiger partial charge in [0.05, 0.1) is 68.1 Å². The molecule has 7 rings (SSSR count). The van der Waals surface area contributed by atoms with E-state index in [9.17, 15) is 76.3 Å². The second-order valence-electron chi connectivity index (χ2n) is 19.1. The van der Waals surface area contributed by atoms with Gasteiger partial charge in [0.25, 0.3) is 0 Å². The second-order valence-corrected chi connectivity index (χ2v) is 19.1. The largest absolute Gasteiger partial charge is 0.460 e. The quantitative estimate of drug-likeness (QED) is 0.0569. The number of allylic oxidation sites excluding steroid dienone is 1. The van der Waals surface area contributed by atoms with Crippen LogP contribution >= 0.6 is 0 Å². The van der Waals surface area contributed by atoms with Gasteiger partial charge in [-0.15, -0.1) is 0 Å². The van der Waals surface area contributed by atoms with E-state index in [4.69, 9.17) is 42.6 Å². The first-order chi connectivity index (χ1) is 31.9. The lowest BCUT2D eigenvalue weighted by molar-refractivity contribution is -0.380. The lowest BCUT2D eigenvalue weighted by atomic mass is 9.72. The van der Waals surface area contributed by atoms with Crippen molar-refractivity contribution in [3.05, 3.63) is 12.2 Å². The summed E-state index contributed by atoms with van der Waals surface area (Å²) in [5.74, 6) is -2.02. The second kappa shape index (κ2) is 23.3. The minimum atomic E-state index is -1.92. The minimum absolute atomic E-state index is 0.0356. The van der Waals surface area contributed by atoms with Gasteiger partial charge in [-0.1, -0.05) is 6.08 Å². The van der Waals surface area contributed by atoms with Gasteiger partial charge in [-0.25, -0.2) is 4.79 Å². The van der Waals surface area contributed by atoms with Gasteiger partial charge in [-0.3, -0.25) is 0 Å². The third kappa shape index (κ3) is 12.0. The fourth-order valence-electron chi connectivity index (χ4n) is 10.7. The zero-order chi connectivity index (χ0) is 48.4. The summed E-state index contributed by atoms with van der Waals surface area (Å²) in [6.45, 7) is -2.15. The predicted molar refractivity (Wildman–Crippen MR) is 218 cm³/mol. The standard InChI is InChI=1S/C43H70O24/c1-59-25-9-17(4-6-21(25)48)39-26(63-43-40(36(56)32(52)28(14-45)65-43)67-42-38(58)34(54)31(51)27(13-44)64-42)12-19-23(61-39)10-18(46)11-24(19)62-41-37(57)35(55)33(53)29(66-41)15-60-30(50)7-3-16-2-5-20(47)22(49)8-16/h3,7,16-29,31-49,51-58H,2,4-6,8-15H2,1H3. The number of hydrogen-bond acceptors (Lipinski definition) is 24. The van der Waals surface area contributed by atoms with Crippen LogP contribution in [0.5, 0.6) is 0 Å². The van der Waals surface area contributed by atoms with E-state index < -0.39 is 179 Å². The average Bonchev–Trinajstić information content (AvgIpc) is 3.31. The summed E-state index contributed by atoms with van der Waals surface area (Å²) >= 11 is 0. The van der Waals surface area contributed by atoms with Crippen molar-refractivity contribution in [3.8, 4) is 0 Å². The Morgan fingerprint density at radius 3 is 1.81 bits per heavy atom. The molecule has 4 heterocycles. The first-order valence-electron chi connectivity index (χ1n) is 23.3. The molecule has 27 unspecified atom stereocenters. The highest BCUT2D eigenvalue weighted by atomic mass is 16.8. The molecule has 0 aromatic rings. The number of ether oxygens (including phenoxy) is 9. The molecule has 4 saturated heterocycles. The van der Waals surface area contributed by atoms with Gasteiger partial charge < -0.3 is 114 Å². The molecule has 14 N–H and O–H groups in total. The number of hydrogen-bond donors (Lipinski definition) is 14. The first-order valence-corrected chi connectivity index (χ1v) is 23.3. The van der Waals surface area contributed by atoms with Crippen LogP contribution in [0.25, 0.3) is 0 Å². The van der Waals surface area contributed by atoms with Crippen LogP contribution in [0.2, 0.25) is 0 Å². The van der Waals surface area contributed by atoms with Gasteiger partial charge in [0.15, 0.2) is 18.9 Å².